The van der Waals surface area contributed by atoms with E-state index in [1.807, 2.05) is 0 Å². The number of nitrogens with zero attached hydrogens (tertiary/aromatic N) is 2. The van der Waals surface area contributed by atoms with E-state index in [4.69, 9.17) is 0 Å². The van der Waals surface area contributed by atoms with Crippen molar-refractivity contribution in [3.63, 3.8) is 0 Å². The summed E-state index contributed by atoms with van der Waals surface area (Å²) in [6.07, 6.45) is 1.12. The monoisotopic (exact) mass is 176 g/mol. The highest BCUT2D eigenvalue weighted by Gasteiger charge is 2.15. The molecule has 0 saturated heterocycles. The lowest BCUT2D eigenvalue weighted by atomic mass is 10.1. The van der Waals surface area contributed by atoms with Crippen molar-refractivity contribution < 1.29 is 0 Å². The first-order chi connectivity index (χ1) is 6.29. The third-order valence-electron chi connectivity index (χ3n) is 2.71. The van der Waals surface area contributed by atoms with Gasteiger partial charge in [0.25, 0.3) is 0 Å². The molecule has 2 heterocycles. The molecule has 0 bridgehead atoms. The molecule has 2 nitrogen and oxygen atoms in total. The fourth-order valence-corrected chi connectivity index (χ4v) is 1.85. The minimum absolute atomic E-state index is 1.08. The van der Waals surface area contributed by atoms with Gasteiger partial charge < -0.3 is 0 Å². The second-order valence-corrected chi connectivity index (χ2v) is 3.68. The van der Waals surface area contributed by atoms with Crippen molar-refractivity contribution in [2.24, 2.45) is 0 Å². The van der Waals surface area contributed by atoms with Gasteiger partial charge in [-0.1, -0.05) is 13.0 Å². The highest BCUT2D eigenvalue weighted by Crippen LogP contribution is 2.16. The number of aryl methyl sites for hydroxylation is 1. The fraction of sp³-hybridized carbons (Fsp3) is 0.545. The molecule has 0 saturated carbocycles. The molecule has 0 fully saturated rings. The van der Waals surface area contributed by atoms with E-state index < -0.39 is 0 Å². The summed E-state index contributed by atoms with van der Waals surface area (Å²) in [5, 5.41) is 0. The largest absolute Gasteiger partial charge is 0.299 e. The Kier molecular flexibility index (Phi) is 2.32. The molecule has 2 rings (SSSR count). The van der Waals surface area contributed by atoms with Gasteiger partial charge in [0.1, 0.15) is 0 Å². The second-order valence-electron chi connectivity index (χ2n) is 3.68. The number of hydrogen-bond donors (Lipinski definition) is 0. The summed E-state index contributed by atoms with van der Waals surface area (Å²) >= 11 is 0. The van der Waals surface area contributed by atoms with Crippen LogP contribution in [-0.4, -0.2) is 23.0 Å². The Hall–Kier alpha value is -0.890. The lowest BCUT2D eigenvalue weighted by Gasteiger charge is -2.26. The number of pyridine rings is 1. The lowest BCUT2D eigenvalue weighted by molar-refractivity contribution is 0.265. The smallest absolute Gasteiger partial charge is 0.0464 e. The average molecular weight is 176 g/mol. The third kappa shape index (κ3) is 1.73. The molecule has 70 valence electrons. The summed E-state index contributed by atoms with van der Waals surface area (Å²) in [4.78, 5) is 7.01. The van der Waals surface area contributed by atoms with Crippen LogP contribution in [0.4, 0.5) is 0 Å². The van der Waals surface area contributed by atoms with Crippen LogP contribution in [0.25, 0.3) is 0 Å². The molecule has 0 spiro atoms. The van der Waals surface area contributed by atoms with E-state index in [1.54, 1.807) is 0 Å². The van der Waals surface area contributed by atoms with Gasteiger partial charge >= 0.3 is 0 Å². The Balaban J connectivity index is 2.26. The van der Waals surface area contributed by atoms with Gasteiger partial charge in [-0.2, -0.15) is 0 Å². The molecular formula is C11H16N2. The van der Waals surface area contributed by atoms with Crippen LogP contribution >= 0.6 is 0 Å². The molecule has 0 aliphatic carbocycles. The van der Waals surface area contributed by atoms with Crippen LogP contribution in [0.5, 0.6) is 0 Å². The molecule has 0 N–H and O–H groups in total. The van der Waals surface area contributed by atoms with E-state index in [0.717, 1.165) is 25.2 Å². The van der Waals surface area contributed by atoms with E-state index in [-0.39, 0.29) is 0 Å². The zero-order valence-corrected chi connectivity index (χ0v) is 8.38. The maximum Gasteiger partial charge on any atom is 0.0464 e. The Morgan fingerprint density at radius 1 is 1.46 bits per heavy atom. The van der Waals surface area contributed by atoms with Crippen molar-refractivity contribution in [2.75, 3.05) is 13.1 Å². The molecule has 1 aromatic rings. The second kappa shape index (κ2) is 3.46. The lowest BCUT2D eigenvalue weighted by Crippen LogP contribution is -2.30. The normalized spacial score (nSPS) is 17.1. The molecule has 0 amide bonds. The Morgan fingerprint density at radius 2 is 2.31 bits per heavy atom. The molecule has 1 aliphatic heterocycles. The quantitative estimate of drug-likeness (QED) is 0.648. The van der Waals surface area contributed by atoms with Gasteiger partial charge in [-0.25, -0.2) is 0 Å². The Labute approximate surface area is 79.6 Å². The minimum Gasteiger partial charge on any atom is -0.299 e. The molecule has 1 aliphatic rings. The van der Waals surface area contributed by atoms with E-state index in [2.05, 4.69) is 35.9 Å². The average Bonchev–Trinajstić information content (AvgIpc) is 2.17. The number of likely N-dealkylation sites (N-methyl/N-ethyl adjacent to an activating group) is 1. The van der Waals surface area contributed by atoms with E-state index in [9.17, 15) is 0 Å². The van der Waals surface area contributed by atoms with Crippen molar-refractivity contribution in [1.82, 2.24) is 9.88 Å². The van der Waals surface area contributed by atoms with Crippen molar-refractivity contribution in [2.45, 2.75) is 26.8 Å². The van der Waals surface area contributed by atoms with Crippen LogP contribution in [0.3, 0.4) is 0 Å². The minimum atomic E-state index is 1.08. The molecule has 2 heteroatoms. The van der Waals surface area contributed by atoms with Crippen molar-refractivity contribution in [1.29, 1.82) is 0 Å². The van der Waals surface area contributed by atoms with Crippen LogP contribution in [0.15, 0.2) is 12.1 Å². The number of rotatable bonds is 1. The van der Waals surface area contributed by atoms with Crippen LogP contribution in [0.1, 0.15) is 23.9 Å². The van der Waals surface area contributed by atoms with Crippen molar-refractivity contribution in [3.8, 4) is 0 Å². The zero-order valence-electron chi connectivity index (χ0n) is 8.38. The highest BCUT2D eigenvalue weighted by atomic mass is 15.1. The van der Waals surface area contributed by atoms with E-state index in [1.165, 1.54) is 17.8 Å². The maximum atomic E-state index is 4.56. The summed E-state index contributed by atoms with van der Waals surface area (Å²) in [5.41, 5.74) is 3.87. The van der Waals surface area contributed by atoms with Crippen LogP contribution < -0.4 is 0 Å². The highest BCUT2D eigenvalue weighted by molar-refractivity contribution is 5.24. The number of hydrogen-bond acceptors (Lipinski definition) is 2. The molecule has 13 heavy (non-hydrogen) atoms. The maximum absolute atomic E-state index is 4.56. The summed E-state index contributed by atoms with van der Waals surface area (Å²) in [6.45, 7) is 7.67. The summed E-state index contributed by atoms with van der Waals surface area (Å²) in [7, 11) is 0. The Morgan fingerprint density at radius 3 is 3.08 bits per heavy atom. The molecule has 0 atom stereocenters. The zero-order chi connectivity index (χ0) is 9.26. The van der Waals surface area contributed by atoms with Crippen molar-refractivity contribution >= 4 is 0 Å². The standard InChI is InChI=1S/C11H16N2/c1-3-13-7-6-11-10(8-13)5-4-9(2)12-11/h4-5H,3,6-8H2,1-2H3. The van der Waals surface area contributed by atoms with Gasteiger partial charge in [-0.15, -0.1) is 0 Å². The van der Waals surface area contributed by atoms with Crippen LogP contribution in [0.2, 0.25) is 0 Å². The van der Waals surface area contributed by atoms with Gasteiger partial charge in [0.15, 0.2) is 0 Å². The first-order valence-electron chi connectivity index (χ1n) is 4.97. The third-order valence-corrected chi connectivity index (χ3v) is 2.71. The topological polar surface area (TPSA) is 16.1 Å². The SMILES string of the molecule is CCN1CCc2nc(C)ccc2C1. The predicted octanol–water partition coefficient (Wildman–Crippen LogP) is 1.77. The van der Waals surface area contributed by atoms with Gasteiger partial charge in [0.05, 0.1) is 0 Å². The number of aromatic nitrogens is 1. The fourth-order valence-electron chi connectivity index (χ4n) is 1.85. The van der Waals surface area contributed by atoms with Gasteiger partial charge in [-0.3, -0.25) is 9.88 Å². The molecular weight excluding hydrogens is 160 g/mol. The summed E-state index contributed by atoms with van der Waals surface area (Å²) < 4.78 is 0. The Bertz CT molecular complexity index is 307. The summed E-state index contributed by atoms with van der Waals surface area (Å²) in [6, 6.07) is 4.33. The molecule has 0 unspecified atom stereocenters. The van der Waals surface area contributed by atoms with Gasteiger partial charge in [0, 0.05) is 30.9 Å². The first kappa shape index (κ1) is 8.70. The molecule has 1 aromatic heterocycles. The van der Waals surface area contributed by atoms with Crippen LogP contribution in [-0.2, 0) is 13.0 Å². The number of fused-ring (bicyclic) bond motifs is 1. The van der Waals surface area contributed by atoms with Gasteiger partial charge in [-0.05, 0) is 25.1 Å². The summed E-state index contributed by atoms with van der Waals surface area (Å²) in [5.74, 6) is 0. The van der Waals surface area contributed by atoms with E-state index >= 15 is 0 Å². The van der Waals surface area contributed by atoms with E-state index in [0.29, 0.717) is 0 Å². The van der Waals surface area contributed by atoms with Crippen LogP contribution in [0, 0.1) is 6.92 Å². The molecule has 0 radical (unpaired) electrons. The predicted molar refractivity (Wildman–Crippen MR) is 53.6 cm³/mol. The van der Waals surface area contributed by atoms with Gasteiger partial charge in [0.2, 0.25) is 0 Å². The first-order valence-corrected chi connectivity index (χ1v) is 4.97. The molecule has 0 aromatic carbocycles. The van der Waals surface area contributed by atoms with Crippen molar-refractivity contribution in [3.05, 3.63) is 29.1 Å².